The van der Waals surface area contributed by atoms with Gasteiger partial charge < -0.3 is 15.4 Å². The standard InChI is InChI=1S/C29H26N2O2S/c32-28(27(23-12-6-2-7-13-23)24-14-8-3-9-15-24)31-29(34)30-25-16-18-26(19-17-25)33-21-20-22-10-4-1-5-11-22/h1-19,27H,20-21H2,(H2,30,31,32,34). The predicted molar refractivity (Wildman–Crippen MR) is 141 cm³/mol. The Morgan fingerprint density at radius 2 is 1.26 bits per heavy atom. The smallest absolute Gasteiger partial charge is 0.238 e. The van der Waals surface area contributed by atoms with Crippen LogP contribution < -0.4 is 15.4 Å². The largest absolute Gasteiger partial charge is 0.493 e. The zero-order valence-corrected chi connectivity index (χ0v) is 19.5. The summed E-state index contributed by atoms with van der Waals surface area (Å²) < 4.78 is 5.83. The van der Waals surface area contributed by atoms with Crippen LogP contribution in [0.4, 0.5) is 5.69 Å². The average molecular weight is 467 g/mol. The predicted octanol–water partition coefficient (Wildman–Crippen LogP) is 5.95. The molecule has 2 N–H and O–H groups in total. The normalized spacial score (nSPS) is 10.5. The van der Waals surface area contributed by atoms with E-state index < -0.39 is 5.92 Å². The lowest BCUT2D eigenvalue weighted by Gasteiger charge is -2.18. The summed E-state index contributed by atoms with van der Waals surface area (Å²) in [4.78, 5) is 13.2. The van der Waals surface area contributed by atoms with Crippen LogP contribution in [0.15, 0.2) is 115 Å². The summed E-state index contributed by atoms with van der Waals surface area (Å²) in [6.45, 7) is 0.603. The lowest BCUT2D eigenvalue weighted by atomic mass is 9.90. The molecule has 4 aromatic carbocycles. The molecule has 170 valence electrons. The zero-order valence-electron chi connectivity index (χ0n) is 18.7. The Morgan fingerprint density at radius 3 is 1.82 bits per heavy atom. The van der Waals surface area contributed by atoms with E-state index in [0.29, 0.717) is 6.61 Å². The lowest BCUT2D eigenvalue weighted by Crippen LogP contribution is -2.37. The molecule has 4 aromatic rings. The van der Waals surface area contributed by atoms with Crippen molar-refractivity contribution in [1.82, 2.24) is 5.32 Å². The van der Waals surface area contributed by atoms with Gasteiger partial charge in [-0.1, -0.05) is 91.0 Å². The first-order chi connectivity index (χ1) is 16.7. The number of amides is 1. The third-order valence-corrected chi connectivity index (χ3v) is 5.58. The van der Waals surface area contributed by atoms with Crippen molar-refractivity contribution in [2.45, 2.75) is 12.3 Å². The van der Waals surface area contributed by atoms with Gasteiger partial charge in [-0.15, -0.1) is 0 Å². The third kappa shape index (κ3) is 6.53. The number of anilines is 1. The van der Waals surface area contributed by atoms with Gasteiger partial charge >= 0.3 is 0 Å². The fourth-order valence-electron chi connectivity index (χ4n) is 3.70. The highest BCUT2D eigenvalue weighted by atomic mass is 32.1. The SMILES string of the molecule is O=C(NC(=S)Nc1ccc(OCCc2ccccc2)cc1)C(c1ccccc1)c1ccccc1. The number of hydrogen-bond donors (Lipinski definition) is 2. The molecule has 1 amide bonds. The molecule has 0 heterocycles. The second-order valence-corrected chi connectivity index (χ2v) is 8.21. The summed E-state index contributed by atoms with van der Waals surface area (Å²) in [7, 11) is 0. The van der Waals surface area contributed by atoms with E-state index in [9.17, 15) is 4.79 Å². The third-order valence-electron chi connectivity index (χ3n) is 5.38. The van der Waals surface area contributed by atoms with E-state index in [1.807, 2.05) is 103 Å². The molecule has 0 aliphatic rings. The Bertz CT molecular complexity index is 1160. The number of hydrogen-bond acceptors (Lipinski definition) is 3. The monoisotopic (exact) mass is 466 g/mol. The molecular weight excluding hydrogens is 440 g/mol. The molecule has 4 nitrogen and oxygen atoms in total. The van der Waals surface area contributed by atoms with Gasteiger partial charge in [-0.05, 0) is 53.2 Å². The second kappa shape index (κ2) is 11.8. The van der Waals surface area contributed by atoms with Crippen LogP contribution in [0.1, 0.15) is 22.6 Å². The highest BCUT2D eigenvalue weighted by Gasteiger charge is 2.23. The summed E-state index contributed by atoms with van der Waals surface area (Å²) in [5.41, 5.74) is 3.83. The molecule has 5 heteroatoms. The van der Waals surface area contributed by atoms with Gasteiger partial charge in [0.25, 0.3) is 0 Å². The van der Waals surface area contributed by atoms with E-state index in [1.54, 1.807) is 0 Å². The molecular formula is C29H26N2O2S. The molecule has 0 fully saturated rings. The molecule has 0 saturated heterocycles. The Labute approximate surface area is 205 Å². The Morgan fingerprint density at radius 1 is 0.735 bits per heavy atom. The molecule has 0 aliphatic carbocycles. The van der Waals surface area contributed by atoms with Crippen molar-refractivity contribution in [2.24, 2.45) is 0 Å². The van der Waals surface area contributed by atoms with Crippen molar-refractivity contribution in [3.05, 3.63) is 132 Å². The summed E-state index contributed by atoms with van der Waals surface area (Å²) in [5, 5.41) is 6.18. The van der Waals surface area contributed by atoms with Gasteiger partial charge in [0.2, 0.25) is 5.91 Å². The molecule has 0 radical (unpaired) electrons. The summed E-state index contributed by atoms with van der Waals surface area (Å²) in [6.07, 6.45) is 0.848. The van der Waals surface area contributed by atoms with Crippen LogP contribution >= 0.6 is 12.2 Å². The minimum Gasteiger partial charge on any atom is -0.493 e. The summed E-state index contributed by atoms with van der Waals surface area (Å²) in [6, 6.07) is 37.1. The van der Waals surface area contributed by atoms with E-state index in [-0.39, 0.29) is 11.0 Å². The first kappa shape index (κ1) is 23.2. The molecule has 0 bridgehead atoms. The van der Waals surface area contributed by atoms with E-state index >= 15 is 0 Å². The van der Waals surface area contributed by atoms with E-state index in [2.05, 4.69) is 22.8 Å². The van der Waals surface area contributed by atoms with Gasteiger partial charge in [0.15, 0.2) is 5.11 Å². The van der Waals surface area contributed by atoms with Gasteiger partial charge in [-0.2, -0.15) is 0 Å². The fourth-order valence-corrected chi connectivity index (χ4v) is 3.92. The molecule has 0 saturated carbocycles. The van der Waals surface area contributed by atoms with E-state index in [0.717, 1.165) is 29.0 Å². The van der Waals surface area contributed by atoms with Crippen LogP contribution in [0.3, 0.4) is 0 Å². The number of rotatable bonds is 8. The fraction of sp³-hybridized carbons (Fsp3) is 0.103. The second-order valence-electron chi connectivity index (χ2n) is 7.81. The number of carbonyl (C=O) groups excluding carboxylic acids is 1. The van der Waals surface area contributed by atoms with Crippen molar-refractivity contribution in [2.75, 3.05) is 11.9 Å². The van der Waals surface area contributed by atoms with Crippen molar-refractivity contribution in [1.29, 1.82) is 0 Å². The Kier molecular flexibility index (Phi) is 8.04. The summed E-state index contributed by atoms with van der Waals surface area (Å²) >= 11 is 5.41. The van der Waals surface area contributed by atoms with Gasteiger partial charge in [0, 0.05) is 12.1 Å². The molecule has 0 aliphatic heterocycles. The minimum absolute atomic E-state index is 0.184. The van der Waals surface area contributed by atoms with Crippen LogP contribution in [0, 0.1) is 0 Å². The number of thiocarbonyl (C=S) groups is 1. The number of benzene rings is 4. The van der Waals surface area contributed by atoms with Crippen LogP contribution in [-0.4, -0.2) is 17.6 Å². The lowest BCUT2D eigenvalue weighted by molar-refractivity contribution is -0.120. The van der Waals surface area contributed by atoms with Gasteiger partial charge in [0.05, 0.1) is 12.5 Å². The van der Waals surface area contributed by atoms with Crippen LogP contribution in [0.2, 0.25) is 0 Å². The number of ether oxygens (including phenoxy) is 1. The topological polar surface area (TPSA) is 50.4 Å². The zero-order chi connectivity index (χ0) is 23.6. The van der Waals surface area contributed by atoms with Crippen LogP contribution in [0.5, 0.6) is 5.75 Å². The molecule has 0 spiro atoms. The first-order valence-electron chi connectivity index (χ1n) is 11.2. The maximum atomic E-state index is 13.2. The van der Waals surface area contributed by atoms with Gasteiger partial charge in [0.1, 0.15) is 5.75 Å². The van der Waals surface area contributed by atoms with Gasteiger partial charge in [-0.3, -0.25) is 4.79 Å². The molecule has 0 aromatic heterocycles. The molecule has 34 heavy (non-hydrogen) atoms. The molecule has 4 rings (SSSR count). The van der Waals surface area contributed by atoms with Crippen molar-refractivity contribution >= 4 is 28.9 Å². The maximum Gasteiger partial charge on any atom is 0.238 e. The Balaban J connectivity index is 1.33. The number of nitrogens with one attached hydrogen (secondary N) is 2. The first-order valence-corrected chi connectivity index (χ1v) is 11.6. The maximum absolute atomic E-state index is 13.2. The van der Waals surface area contributed by atoms with Crippen molar-refractivity contribution < 1.29 is 9.53 Å². The van der Waals surface area contributed by atoms with Crippen LogP contribution in [-0.2, 0) is 11.2 Å². The van der Waals surface area contributed by atoms with Gasteiger partial charge in [-0.25, -0.2) is 0 Å². The van der Waals surface area contributed by atoms with Crippen molar-refractivity contribution in [3.63, 3.8) is 0 Å². The summed E-state index contributed by atoms with van der Waals surface area (Å²) in [5.74, 6) is 0.142. The number of carbonyl (C=O) groups is 1. The Hall–Kier alpha value is -3.96. The van der Waals surface area contributed by atoms with Crippen molar-refractivity contribution in [3.8, 4) is 5.75 Å². The quantitative estimate of drug-likeness (QED) is 0.315. The minimum atomic E-state index is -0.456. The molecule has 0 unspecified atom stereocenters. The van der Waals surface area contributed by atoms with Crippen LogP contribution in [0.25, 0.3) is 0 Å². The highest BCUT2D eigenvalue weighted by Crippen LogP contribution is 2.25. The molecule has 0 atom stereocenters. The van der Waals surface area contributed by atoms with E-state index in [1.165, 1.54) is 5.56 Å². The highest BCUT2D eigenvalue weighted by molar-refractivity contribution is 7.80. The van der Waals surface area contributed by atoms with E-state index in [4.69, 9.17) is 17.0 Å². The average Bonchev–Trinajstić information content (AvgIpc) is 2.87.